The fourth-order valence-corrected chi connectivity index (χ4v) is 5.65. The van der Waals surface area contributed by atoms with Gasteiger partial charge >= 0.3 is 0 Å². The van der Waals surface area contributed by atoms with Crippen LogP contribution in [0.3, 0.4) is 0 Å². The van der Waals surface area contributed by atoms with E-state index in [1.807, 2.05) is 11.8 Å². The molecular formula is C20H26N4O4S2. The topological polar surface area (TPSA) is 113 Å². The van der Waals surface area contributed by atoms with Gasteiger partial charge in [0.15, 0.2) is 0 Å². The van der Waals surface area contributed by atoms with Gasteiger partial charge in [-0.25, -0.2) is 8.42 Å². The quantitative estimate of drug-likeness (QED) is 0.698. The third-order valence-corrected chi connectivity index (χ3v) is 7.99. The second-order valence-corrected chi connectivity index (χ2v) is 10.2. The molecule has 0 saturated carbocycles. The number of nitrogens with two attached hydrogens (primary N) is 1. The van der Waals surface area contributed by atoms with Crippen molar-refractivity contribution in [3.8, 4) is 0 Å². The van der Waals surface area contributed by atoms with E-state index in [2.05, 4.69) is 5.32 Å². The molecule has 2 heterocycles. The molecule has 8 nitrogen and oxygen atoms in total. The zero-order chi connectivity index (χ0) is 21.9. The zero-order valence-corrected chi connectivity index (χ0v) is 18.6. The summed E-state index contributed by atoms with van der Waals surface area (Å²) in [4.78, 5) is 26.4. The molecule has 1 aliphatic rings. The summed E-state index contributed by atoms with van der Waals surface area (Å²) in [6, 6.07) is 7.92. The number of primary amides is 1. The Morgan fingerprint density at radius 3 is 2.47 bits per heavy atom. The van der Waals surface area contributed by atoms with E-state index in [1.54, 1.807) is 42.6 Å². The van der Waals surface area contributed by atoms with E-state index in [1.165, 1.54) is 15.6 Å². The van der Waals surface area contributed by atoms with Gasteiger partial charge in [0.05, 0.1) is 16.5 Å². The number of aryl methyl sites for hydroxylation is 1. The lowest BCUT2D eigenvalue weighted by Crippen LogP contribution is -2.44. The molecule has 0 spiro atoms. The molecule has 0 radical (unpaired) electrons. The number of nitrogens with zero attached hydrogens (tertiary/aromatic N) is 2. The van der Waals surface area contributed by atoms with E-state index in [0.717, 1.165) is 5.56 Å². The van der Waals surface area contributed by atoms with Crippen LogP contribution < -0.4 is 11.1 Å². The highest BCUT2D eigenvalue weighted by molar-refractivity contribution is 7.89. The Kier molecular flexibility index (Phi) is 6.91. The monoisotopic (exact) mass is 450 g/mol. The Labute approximate surface area is 180 Å². The lowest BCUT2D eigenvalue weighted by molar-refractivity contribution is -0.120. The van der Waals surface area contributed by atoms with Crippen molar-refractivity contribution in [3.63, 3.8) is 0 Å². The molecule has 1 aromatic carbocycles. The van der Waals surface area contributed by atoms with E-state index in [9.17, 15) is 18.0 Å². The number of amides is 2. The molecule has 3 N–H and O–H groups in total. The number of sulfonamides is 1. The summed E-state index contributed by atoms with van der Waals surface area (Å²) in [6.07, 6.45) is 0.619. The number of hydrogen-bond acceptors (Lipinski definition) is 6. The minimum absolute atomic E-state index is 0.255. The highest BCUT2D eigenvalue weighted by atomic mass is 32.2. The Morgan fingerprint density at radius 1 is 1.10 bits per heavy atom. The standard InChI is InChI=1S/C20H26N4O4S2/c1-14-4-6-16(7-5-14)30(27,28)24-10-3-9-23(11-12-24)15(2)19(26)22-20-17(18(21)25)8-13-29-20/h4-8,13,15H,3,9-12H2,1-2H3,(H2,21,25)(H,22,26)/t15-/m0/s1. The Hall–Kier alpha value is -2.27. The van der Waals surface area contributed by atoms with E-state index in [0.29, 0.717) is 37.6 Å². The molecule has 10 heteroatoms. The average molecular weight is 451 g/mol. The molecule has 30 heavy (non-hydrogen) atoms. The second-order valence-electron chi connectivity index (χ2n) is 7.30. The summed E-state index contributed by atoms with van der Waals surface area (Å²) in [7, 11) is -3.57. The van der Waals surface area contributed by atoms with Crippen molar-refractivity contribution >= 4 is 38.2 Å². The molecule has 2 amide bonds. The van der Waals surface area contributed by atoms with Crippen LogP contribution in [0.25, 0.3) is 0 Å². The van der Waals surface area contributed by atoms with Gasteiger partial charge in [-0.1, -0.05) is 17.7 Å². The van der Waals surface area contributed by atoms with Gasteiger partial charge in [-0.2, -0.15) is 4.31 Å². The van der Waals surface area contributed by atoms with Crippen LogP contribution in [-0.2, 0) is 14.8 Å². The Morgan fingerprint density at radius 2 is 1.80 bits per heavy atom. The maximum Gasteiger partial charge on any atom is 0.251 e. The lowest BCUT2D eigenvalue weighted by Gasteiger charge is -2.26. The summed E-state index contributed by atoms with van der Waals surface area (Å²) < 4.78 is 27.4. The Balaban J connectivity index is 1.65. The molecule has 1 atom stereocenters. The average Bonchev–Trinajstić information content (AvgIpc) is 3.02. The molecule has 0 aliphatic carbocycles. The maximum atomic E-state index is 13.0. The number of rotatable bonds is 6. The molecule has 162 valence electrons. The molecule has 3 rings (SSSR count). The smallest absolute Gasteiger partial charge is 0.251 e. The summed E-state index contributed by atoms with van der Waals surface area (Å²) >= 11 is 1.24. The van der Waals surface area contributed by atoms with Gasteiger partial charge in [-0.3, -0.25) is 14.5 Å². The third-order valence-electron chi connectivity index (χ3n) is 5.24. The minimum atomic E-state index is -3.57. The van der Waals surface area contributed by atoms with Gasteiger partial charge in [0.1, 0.15) is 5.00 Å². The number of carbonyl (C=O) groups is 2. The number of thiophene rings is 1. The van der Waals surface area contributed by atoms with Crippen molar-refractivity contribution in [2.45, 2.75) is 31.2 Å². The SMILES string of the molecule is Cc1ccc(S(=O)(=O)N2CCCN([C@@H](C)C(=O)Nc3sccc3C(N)=O)CC2)cc1. The van der Waals surface area contributed by atoms with Crippen molar-refractivity contribution in [3.05, 3.63) is 46.8 Å². The van der Waals surface area contributed by atoms with E-state index in [4.69, 9.17) is 5.73 Å². The summed E-state index contributed by atoms with van der Waals surface area (Å²) in [6.45, 7) is 5.43. The largest absolute Gasteiger partial charge is 0.366 e. The second kappa shape index (κ2) is 9.25. The molecular weight excluding hydrogens is 424 g/mol. The highest BCUT2D eigenvalue weighted by Gasteiger charge is 2.30. The van der Waals surface area contributed by atoms with Gasteiger partial charge in [-0.15, -0.1) is 11.3 Å². The molecule has 1 aromatic heterocycles. The Bertz CT molecular complexity index is 1020. The summed E-state index contributed by atoms with van der Waals surface area (Å²) in [5.41, 5.74) is 6.62. The zero-order valence-electron chi connectivity index (χ0n) is 17.0. The van der Waals surface area contributed by atoms with Crippen molar-refractivity contribution in [1.82, 2.24) is 9.21 Å². The van der Waals surface area contributed by atoms with Crippen LogP contribution in [0.2, 0.25) is 0 Å². The first-order valence-corrected chi connectivity index (χ1v) is 12.0. The fourth-order valence-electron chi connectivity index (χ4n) is 3.38. The lowest BCUT2D eigenvalue weighted by atomic mass is 10.2. The van der Waals surface area contributed by atoms with Gasteiger partial charge < -0.3 is 11.1 Å². The fraction of sp³-hybridized carbons (Fsp3) is 0.400. The van der Waals surface area contributed by atoms with Crippen LogP contribution in [0.5, 0.6) is 0 Å². The summed E-state index contributed by atoms with van der Waals surface area (Å²) in [5.74, 6) is -0.847. The summed E-state index contributed by atoms with van der Waals surface area (Å²) in [5, 5.41) is 4.89. The molecule has 0 bridgehead atoms. The van der Waals surface area contributed by atoms with Gasteiger partial charge in [0.25, 0.3) is 5.91 Å². The molecule has 1 fully saturated rings. The van der Waals surface area contributed by atoms with Crippen LogP contribution in [0.15, 0.2) is 40.6 Å². The first-order chi connectivity index (χ1) is 14.2. The highest BCUT2D eigenvalue weighted by Crippen LogP contribution is 2.24. The van der Waals surface area contributed by atoms with Gasteiger partial charge in [0, 0.05) is 26.2 Å². The normalized spacial score (nSPS) is 17.3. The first-order valence-electron chi connectivity index (χ1n) is 9.69. The molecule has 1 aliphatic heterocycles. The van der Waals surface area contributed by atoms with E-state index >= 15 is 0 Å². The number of hydrogen-bond donors (Lipinski definition) is 2. The maximum absolute atomic E-state index is 13.0. The molecule has 1 saturated heterocycles. The number of nitrogens with one attached hydrogen (secondary N) is 1. The van der Waals surface area contributed by atoms with E-state index < -0.39 is 22.0 Å². The van der Waals surface area contributed by atoms with Crippen LogP contribution in [0.4, 0.5) is 5.00 Å². The predicted molar refractivity (Wildman–Crippen MR) is 117 cm³/mol. The van der Waals surface area contributed by atoms with E-state index in [-0.39, 0.29) is 16.4 Å². The number of benzene rings is 1. The molecule has 2 aromatic rings. The third kappa shape index (κ3) is 4.89. The van der Waals surface area contributed by atoms with Gasteiger partial charge in [-0.05, 0) is 43.8 Å². The van der Waals surface area contributed by atoms with Crippen LogP contribution in [0, 0.1) is 6.92 Å². The van der Waals surface area contributed by atoms with Crippen LogP contribution in [0.1, 0.15) is 29.3 Å². The van der Waals surface area contributed by atoms with Crippen molar-refractivity contribution in [1.29, 1.82) is 0 Å². The first kappa shape index (κ1) is 22.4. The van der Waals surface area contributed by atoms with Gasteiger partial charge in [0.2, 0.25) is 15.9 Å². The number of anilines is 1. The van der Waals surface area contributed by atoms with Crippen LogP contribution >= 0.6 is 11.3 Å². The minimum Gasteiger partial charge on any atom is -0.366 e. The number of carbonyl (C=O) groups excluding carboxylic acids is 2. The van der Waals surface area contributed by atoms with Crippen LogP contribution in [-0.4, -0.2) is 61.7 Å². The van der Waals surface area contributed by atoms with Crippen molar-refractivity contribution in [2.75, 3.05) is 31.5 Å². The van der Waals surface area contributed by atoms with Crippen molar-refractivity contribution < 1.29 is 18.0 Å². The predicted octanol–water partition coefficient (Wildman–Crippen LogP) is 1.88. The van der Waals surface area contributed by atoms with Crippen molar-refractivity contribution in [2.24, 2.45) is 5.73 Å². The molecule has 0 unspecified atom stereocenters.